The summed E-state index contributed by atoms with van der Waals surface area (Å²) in [6, 6.07) is 10.3. The fourth-order valence-electron chi connectivity index (χ4n) is 5.00. The number of esters is 1. The molecule has 1 aromatic carbocycles. The molecule has 2 saturated heterocycles. The van der Waals surface area contributed by atoms with Gasteiger partial charge in [0.15, 0.2) is 0 Å². The van der Waals surface area contributed by atoms with Gasteiger partial charge in [-0.25, -0.2) is 4.90 Å². The molecule has 1 N–H and O–H groups in total. The molecule has 0 aliphatic carbocycles. The highest BCUT2D eigenvalue weighted by Crippen LogP contribution is 2.52. The van der Waals surface area contributed by atoms with Crippen molar-refractivity contribution in [2.24, 2.45) is 11.8 Å². The zero-order valence-corrected chi connectivity index (χ0v) is 19.3. The Morgan fingerprint density at radius 3 is 2.44 bits per heavy atom. The number of fused-ring (bicyclic) bond motifs is 1. The zero-order chi connectivity index (χ0) is 22.9. The molecule has 0 spiro atoms. The molecule has 0 unspecified atom stereocenters. The van der Waals surface area contributed by atoms with Crippen LogP contribution in [0.1, 0.15) is 44.5 Å². The van der Waals surface area contributed by atoms with Crippen LogP contribution in [-0.2, 0) is 19.1 Å². The average Bonchev–Trinajstić information content (AvgIpc) is 3.47. The van der Waals surface area contributed by atoms with Crippen LogP contribution in [-0.4, -0.2) is 36.5 Å². The van der Waals surface area contributed by atoms with Gasteiger partial charge >= 0.3 is 5.97 Å². The van der Waals surface area contributed by atoms with Crippen molar-refractivity contribution < 1.29 is 23.9 Å². The predicted octanol–water partition coefficient (Wildman–Crippen LogP) is 3.70. The summed E-state index contributed by atoms with van der Waals surface area (Å²) in [5.41, 5.74) is -0.756. The normalized spacial score (nSPS) is 27.0. The van der Waals surface area contributed by atoms with Gasteiger partial charge in [0.1, 0.15) is 11.3 Å². The molecule has 2 aliphatic heterocycles. The second kappa shape index (κ2) is 9.03. The number of rotatable bonds is 8. The first-order valence-electron chi connectivity index (χ1n) is 11.1. The molecule has 0 radical (unpaired) electrons. The maximum absolute atomic E-state index is 13.8. The molecule has 7 nitrogen and oxygen atoms in total. The summed E-state index contributed by atoms with van der Waals surface area (Å²) >= 11 is 1.51. The molecular weight excluding hydrogens is 428 g/mol. The van der Waals surface area contributed by atoms with E-state index >= 15 is 0 Å². The first-order chi connectivity index (χ1) is 15.5. The van der Waals surface area contributed by atoms with E-state index in [1.807, 2.05) is 31.4 Å². The third-order valence-corrected chi connectivity index (χ3v) is 7.15. The van der Waals surface area contributed by atoms with Crippen LogP contribution in [0.4, 0.5) is 5.69 Å². The molecule has 170 valence electrons. The van der Waals surface area contributed by atoms with E-state index in [4.69, 9.17) is 9.47 Å². The summed E-state index contributed by atoms with van der Waals surface area (Å²) in [6.07, 6.45) is 1.07. The minimum Gasteiger partial charge on any atom is -0.494 e. The van der Waals surface area contributed by atoms with E-state index in [2.05, 4.69) is 5.32 Å². The Hall–Kier alpha value is -2.71. The number of ether oxygens (including phenoxy) is 2. The number of nitrogens with zero attached hydrogens (tertiary/aromatic N) is 1. The number of thiophene rings is 1. The number of imide groups is 1. The smallest absolute Gasteiger partial charge is 0.327 e. The number of hydrogen-bond donors (Lipinski definition) is 1. The van der Waals surface area contributed by atoms with Gasteiger partial charge in [0.05, 0.1) is 36.8 Å². The van der Waals surface area contributed by atoms with Crippen molar-refractivity contribution in [2.75, 3.05) is 18.1 Å². The number of anilines is 1. The fourth-order valence-corrected chi connectivity index (χ4v) is 5.82. The minimum absolute atomic E-state index is 0.206. The highest BCUT2D eigenvalue weighted by molar-refractivity contribution is 7.10. The van der Waals surface area contributed by atoms with E-state index in [0.717, 1.165) is 4.88 Å². The molecule has 2 aromatic rings. The lowest BCUT2D eigenvalue weighted by Gasteiger charge is -2.32. The molecule has 2 fully saturated rings. The van der Waals surface area contributed by atoms with Gasteiger partial charge in [-0.05, 0) is 56.0 Å². The van der Waals surface area contributed by atoms with Crippen LogP contribution < -0.4 is 15.0 Å². The van der Waals surface area contributed by atoms with Gasteiger partial charge in [0, 0.05) is 4.88 Å². The van der Waals surface area contributed by atoms with Crippen LogP contribution in [0.5, 0.6) is 5.75 Å². The van der Waals surface area contributed by atoms with Crippen LogP contribution in [0.2, 0.25) is 0 Å². The fraction of sp³-hybridized carbons (Fsp3) is 0.458. The topological polar surface area (TPSA) is 84.9 Å². The van der Waals surface area contributed by atoms with Crippen molar-refractivity contribution in [3.8, 4) is 5.75 Å². The Bertz CT molecular complexity index is 990. The van der Waals surface area contributed by atoms with Crippen molar-refractivity contribution in [3.63, 3.8) is 0 Å². The lowest BCUT2D eigenvalue weighted by Crippen LogP contribution is -2.56. The van der Waals surface area contributed by atoms with Gasteiger partial charge in [-0.15, -0.1) is 11.3 Å². The van der Waals surface area contributed by atoms with Gasteiger partial charge in [0.25, 0.3) is 0 Å². The maximum Gasteiger partial charge on any atom is 0.327 e. The number of nitrogens with one attached hydrogen (secondary N) is 1. The average molecular weight is 457 g/mol. The summed E-state index contributed by atoms with van der Waals surface area (Å²) in [6.45, 7) is 6.33. The van der Waals surface area contributed by atoms with Crippen LogP contribution in [0.15, 0.2) is 41.8 Å². The molecule has 8 heteroatoms. The highest BCUT2D eigenvalue weighted by atomic mass is 32.1. The molecule has 3 heterocycles. The number of benzene rings is 1. The zero-order valence-electron chi connectivity index (χ0n) is 18.5. The first kappa shape index (κ1) is 22.5. The van der Waals surface area contributed by atoms with Gasteiger partial charge in [-0.3, -0.25) is 19.7 Å². The van der Waals surface area contributed by atoms with Crippen LogP contribution in [0.25, 0.3) is 0 Å². The SMILES string of the molecule is CCC[C@]1(C(=O)OCC)N[C@@H](c2cccs2)[C@H]2C(=O)N(c3ccc(OCC)cc3)C(=O)[C@@H]21. The molecule has 4 rings (SSSR count). The maximum atomic E-state index is 13.8. The van der Waals surface area contributed by atoms with Crippen LogP contribution >= 0.6 is 11.3 Å². The van der Waals surface area contributed by atoms with E-state index in [1.54, 1.807) is 31.2 Å². The lowest BCUT2D eigenvalue weighted by molar-refractivity contribution is -0.155. The van der Waals surface area contributed by atoms with E-state index in [1.165, 1.54) is 16.2 Å². The van der Waals surface area contributed by atoms with Gasteiger partial charge in [0.2, 0.25) is 11.8 Å². The van der Waals surface area contributed by atoms with Gasteiger partial charge in [-0.2, -0.15) is 0 Å². The molecular formula is C24H28N2O5S. The molecule has 0 bridgehead atoms. The third-order valence-electron chi connectivity index (χ3n) is 6.19. The van der Waals surface area contributed by atoms with Crippen molar-refractivity contribution in [2.45, 2.75) is 45.2 Å². The molecule has 0 saturated carbocycles. The molecule has 32 heavy (non-hydrogen) atoms. The predicted molar refractivity (Wildman–Crippen MR) is 122 cm³/mol. The van der Waals surface area contributed by atoms with Crippen LogP contribution in [0.3, 0.4) is 0 Å². The Kier molecular flexibility index (Phi) is 6.35. The van der Waals surface area contributed by atoms with E-state index in [9.17, 15) is 14.4 Å². The Balaban J connectivity index is 1.79. The summed E-state index contributed by atoms with van der Waals surface area (Å²) in [5.74, 6) is -1.96. The standard InChI is InChI=1S/C24H28N2O5S/c1-4-13-24(23(29)31-6-3)19-18(20(25-24)17-8-7-14-32-17)21(27)26(22(19)28)15-9-11-16(12-10-15)30-5-2/h7-12,14,18-20,25H,4-6,13H2,1-3H3/t18-,19+,20-,24-/m0/s1. The molecule has 2 amide bonds. The number of hydrogen-bond acceptors (Lipinski definition) is 7. The Morgan fingerprint density at radius 2 is 1.84 bits per heavy atom. The number of carbonyl (C=O) groups is 3. The monoisotopic (exact) mass is 456 g/mol. The summed E-state index contributed by atoms with van der Waals surface area (Å²) in [4.78, 5) is 42.8. The first-order valence-corrected chi connectivity index (χ1v) is 11.9. The second-order valence-corrected chi connectivity index (χ2v) is 9.00. The van der Waals surface area contributed by atoms with Crippen molar-refractivity contribution in [3.05, 3.63) is 46.7 Å². The summed E-state index contributed by atoms with van der Waals surface area (Å²) in [7, 11) is 0. The molecule has 4 atom stereocenters. The Labute approximate surface area is 191 Å². The lowest BCUT2D eigenvalue weighted by atomic mass is 9.77. The Morgan fingerprint density at radius 1 is 1.09 bits per heavy atom. The second-order valence-electron chi connectivity index (χ2n) is 8.02. The van der Waals surface area contributed by atoms with Gasteiger partial charge < -0.3 is 9.47 Å². The number of amides is 2. The highest BCUT2D eigenvalue weighted by Gasteiger charge is 2.68. The minimum atomic E-state index is -1.24. The molecule has 2 aliphatic rings. The van der Waals surface area contributed by atoms with Crippen molar-refractivity contribution >= 4 is 34.8 Å². The largest absolute Gasteiger partial charge is 0.494 e. The third kappa shape index (κ3) is 3.51. The number of carbonyl (C=O) groups excluding carboxylic acids is 3. The quantitative estimate of drug-likeness (QED) is 0.482. The van der Waals surface area contributed by atoms with E-state index in [0.29, 0.717) is 30.9 Å². The van der Waals surface area contributed by atoms with E-state index < -0.39 is 29.4 Å². The van der Waals surface area contributed by atoms with E-state index in [-0.39, 0.29) is 18.4 Å². The summed E-state index contributed by atoms with van der Waals surface area (Å²) in [5, 5.41) is 5.33. The van der Waals surface area contributed by atoms with Gasteiger partial charge in [-0.1, -0.05) is 19.4 Å². The summed E-state index contributed by atoms with van der Waals surface area (Å²) < 4.78 is 10.9. The van der Waals surface area contributed by atoms with Crippen LogP contribution in [0, 0.1) is 11.8 Å². The van der Waals surface area contributed by atoms with Crippen molar-refractivity contribution in [1.82, 2.24) is 5.32 Å². The van der Waals surface area contributed by atoms with Crippen molar-refractivity contribution in [1.29, 1.82) is 0 Å². The molecule has 1 aromatic heterocycles.